The average molecular weight is 408 g/mol. The molecule has 1 fully saturated rings. The van der Waals surface area contributed by atoms with Crippen molar-refractivity contribution in [2.75, 3.05) is 7.05 Å². The quantitative estimate of drug-likeness (QED) is 0.502. The van der Waals surface area contributed by atoms with Crippen LogP contribution in [0, 0.1) is 10.1 Å². The Bertz CT molecular complexity index is 1050. The van der Waals surface area contributed by atoms with E-state index >= 15 is 0 Å². The van der Waals surface area contributed by atoms with Gasteiger partial charge in [-0.15, -0.1) is 11.3 Å². The molecule has 1 aliphatic rings. The zero-order chi connectivity index (χ0) is 20.5. The van der Waals surface area contributed by atoms with Crippen LogP contribution in [0.5, 0.6) is 0 Å². The van der Waals surface area contributed by atoms with E-state index in [1.807, 2.05) is 48.5 Å². The summed E-state index contributed by atoms with van der Waals surface area (Å²) in [5.74, 6) is -0.0783. The molecule has 0 aliphatic carbocycles. The molecule has 2 heterocycles. The minimum Gasteiger partial charge on any atom is -0.385 e. The lowest BCUT2D eigenvalue weighted by Crippen LogP contribution is -2.36. The third-order valence-corrected chi connectivity index (χ3v) is 6.66. The van der Waals surface area contributed by atoms with Crippen molar-refractivity contribution in [2.45, 2.75) is 24.5 Å². The number of likely N-dealkylation sites (tertiary alicyclic amines) is 1. The van der Waals surface area contributed by atoms with Crippen LogP contribution in [-0.4, -0.2) is 33.9 Å². The van der Waals surface area contributed by atoms with E-state index in [1.165, 1.54) is 23.5 Å². The Balaban J connectivity index is 1.64. The van der Waals surface area contributed by atoms with Crippen molar-refractivity contribution < 1.29 is 14.8 Å². The number of aliphatic hydroxyl groups excluding tert-OH is 1. The molecule has 1 aliphatic heterocycles. The van der Waals surface area contributed by atoms with Gasteiger partial charge >= 0.3 is 0 Å². The van der Waals surface area contributed by atoms with Crippen molar-refractivity contribution >= 4 is 22.9 Å². The Morgan fingerprint density at radius 1 is 1.14 bits per heavy atom. The van der Waals surface area contributed by atoms with Gasteiger partial charge < -0.3 is 10.0 Å². The van der Waals surface area contributed by atoms with E-state index in [2.05, 4.69) is 0 Å². The van der Waals surface area contributed by atoms with Crippen LogP contribution < -0.4 is 0 Å². The number of benzene rings is 2. The fourth-order valence-electron chi connectivity index (χ4n) is 3.94. The van der Waals surface area contributed by atoms with E-state index in [9.17, 15) is 20.0 Å². The SMILES string of the molecule is CN1C(=O)C[C@H](c2ccccc2)[C@@H]1C(O)c1ccc(-c2cccc([N+](=O)[O-])c2)s1. The zero-order valence-electron chi connectivity index (χ0n) is 15.8. The molecular weight excluding hydrogens is 388 g/mol. The average Bonchev–Trinajstić information content (AvgIpc) is 3.34. The molecule has 1 N–H and O–H groups in total. The first-order valence-corrected chi connectivity index (χ1v) is 10.1. The lowest BCUT2D eigenvalue weighted by Gasteiger charge is -2.29. The molecule has 0 radical (unpaired) electrons. The number of aliphatic hydroxyl groups is 1. The van der Waals surface area contributed by atoms with Gasteiger partial charge in [0.05, 0.1) is 11.0 Å². The first kappa shape index (κ1) is 19.3. The van der Waals surface area contributed by atoms with Crippen molar-refractivity contribution in [2.24, 2.45) is 0 Å². The summed E-state index contributed by atoms with van der Waals surface area (Å²) in [6.45, 7) is 0. The number of hydrogen-bond donors (Lipinski definition) is 1. The van der Waals surface area contributed by atoms with Gasteiger partial charge in [-0.25, -0.2) is 0 Å². The van der Waals surface area contributed by atoms with Crippen molar-refractivity contribution in [3.63, 3.8) is 0 Å². The summed E-state index contributed by atoms with van der Waals surface area (Å²) < 4.78 is 0. The summed E-state index contributed by atoms with van der Waals surface area (Å²) in [6, 6.07) is 19.6. The molecule has 4 rings (SSSR count). The number of likely N-dealkylation sites (N-methyl/N-ethyl adjacent to an activating group) is 1. The third kappa shape index (κ3) is 3.66. The topological polar surface area (TPSA) is 83.7 Å². The van der Waals surface area contributed by atoms with E-state index in [4.69, 9.17) is 0 Å². The van der Waals surface area contributed by atoms with Gasteiger partial charge in [-0.2, -0.15) is 0 Å². The maximum Gasteiger partial charge on any atom is 0.270 e. The highest BCUT2D eigenvalue weighted by molar-refractivity contribution is 7.15. The minimum absolute atomic E-state index is 0.0124. The van der Waals surface area contributed by atoms with E-state index < -0.39 is 11.0 Å². The van der Waals surface area contributed by atoms with Gasteiger partial charge in [-0.1, -0.05) is 42.5 Å². The fraction of sp³-hybridized carbons (Fsp3) is 0.227. The number of non-ortho nitro benzene ring substituents is 1. The summed E-state index contributed by atoms with van der Waals surface area (Å²) in [5, 5.41) is 22.2. The first-order valence-electron chi connectivity index (χ1n) is 9.29. The highest BCUT2D eigenvalue weighted by atomic mass is 32.1. The van der Waals surface area contributed by atoms with Gasteiger partial charge in [-0.05, 0) is 23.3 Å². The molecule has 3 atom stereocenters. The van der Waals surface area contributed by atoms with Crippen LogP contribution in [0.25, 0.3) is 10.4 Å². The molecule has 1 amide bonds. The van der Waals surface area contributed by atoms with Gasteiger partial charge in [-0.3, -0.25) is 14.9 Å². The first-order chi connectivity index (χ1) is 14.0. The van der Waals surface area contributed by atoms with Crippen LogP contribution in [0.2, 0.25) is 0 Å². The molecule has 2 aromatic carbocycles. The predicted molar refractivity (Wildman–Crippen MR) is 112 cm³/mol. The van der Waals surface area contributed by atoms with Crippen LogP contribution in [0.4, 0.5) is 5.69 Å². The van der Waals surface area contributed by atoms with Crippen molar-refractivity contribution in [3.8, 4) is 10.4 Å². The Kier molecular flexibility index (Phi) is 5.17. The molecule has 29 heavy (non-hydrogen) atoms. The van der Waals surface area contributed by atoms with E-state index in [0.29, 0.717) is 6.42 Å². The molecule has 148 valence electrons. The van der Waals surface area contributed by atoms with Crippen molar-refractivity contribution in [1.29, 1.82) is 0 Å². The second-order valence-corrected chi connectivity index (χ2v) is 8.29. The predicted octanol–water partition coefficient (Wildman–Crippen LogP) is 4.37. The standard InChI is InChI=1S/C22H20N2O4S/c1-23-20(25)13-17(14-6-3-2-4-7-14)21(23)22(26)19-11-10-18(29-19)15-8-5-9-16(12-15)24(27)28/h2-12,17,21-22,26H,13H2,1H3/t17-,21-,22?/m1/s1. The van der Waals surface area contributed by atoms with E-state index in [1.54, 1.807) is 18.0 Å². The smallest absolute Gasteiger partial charge is 0.270 e. The maximum absolute atomic E-state index is 12.4. The summed E-state index contributed by atoms with van der Waals surface area (Å²) in [5.41, 5.74) is 1.80. The summed E-state index contributed by atoms with van der Waals surface area (Å²) >= 11 is 1.39. The molecule has 6 nitrogen and oxygen atoms in total. The third-order valence-electron chi connectivity index (χ3n) is 5.46. The highest BCUT2D eigenvalue weighted by Gasteiger charge is 2.43. The Morgan fingerprint density at radius 2 is 1.90 bits per heavy atom. The number of nitrogens with zero attached hydrogens (tertiary/aromatic N) is 2. The second kappa shape index (κ2) is 7.77. The molecule has 1 aromatic heterocycles. The Labute approximate surface area is 172 Å². The largest absolute Gasteiger partial charge is 0.385 e. The number of thiophene rings is 1. The number of hydrogen-bond acceptors (Lipinski definition) is 5. The van der Waals surface area contributed by atoms with Crippen LogP contribution in [-0.2, 0) is 4.79 Å². The Morgan fingerprint density at radius 3 is 2.62 bits per heavy atom. The van der Waals surface area contributed by atoms with Gasteiger partial charge in [0, 0.05) is 41.3 Å². The number of carbonyl (C=O) groups is 1. The number of amides is 1. The summed E-state index contributed by atoms with van der Waals surface area (Å²) in [4.78, 5) is 26.2. The maximum atomic E-state index is 12.4. The Hall–Kier alpha value is -3.03. The molecule has 0 bridgehead atoms. The van der Waals surface area contributed by atoms with Gasteiger partial charge in [0.15, 0.2) is 0 Å². The normalized spacial score (nSPS) is 20.1. The van der Waals surface area contributed by atoms with Crippen LogP contribution >= 0.6 is 11.3 Å². The van der Waals surface area contributed by atoms with Gasteiger partial charge in [0.1, 0.15) is 6.10 Å². The monoisotopic (exact) mass is 408 g/mol. The fourth-order valence-corrected chi connectivity index (χ4v) is 4.98. The summed E-state index contributed by atoms with van der Waals surface area (Å²) in [7, 11) is 1.73. The lowest BCUT2D eigenvalue weighted by molar-refractivity contribution is -0.384. The molecule has 3 aromatic rings. The number of nitro benzene ring substituents is 1. The molecule has 1 unspecified atom stereocenters. The minimum atomic E-state index is -0.839. The molecule has 0 spiro atoms. The lowest BCUT2D eigenvalue weighted by atomic mass is 9.88. The number of carbonyl (C=O) groups excluding carboxylic acids is 1. The molecule has 7 heteroatoms. The van der Waals surface area contributed by atoms with Crippen LogP contribution in [0.1, 0.15) is 28.9 Å². The van der Waals surface area contributed by atoms with E-state index in [0.717, 1.165) is 20.9 Å². The number of nitro groups is 1. The molecule has 1 saturated heterocycles. The van der Waals surface area contributed by atoms with Crippen molar-refractivity contribution in [1.82, 2.24) is 4.90 Å². The van der Waals surface area contributed by atoms with E-state index in [-0.39, 0.29) is 23.6 Å². The second-order valence-electron chi connectivity index (χ2n) is 7.17. The molecular formula is C22H20N2O4S. The van der Waals surface area contributed by atoms with Gasteiger partial charge in [0.25, 0.3) is 5.69 Å². The van der Waals surface area contributed by atoms with Crippen molar-refractivity contribution in [3.05, 3.63) is 87.3 Å². The highest BCUT2D eigenvalue weighted by Crippen LogP contribution is 2.42. The summed E-state index contributed by atoms with van der Waals surface area (Å²) in [6.07, 6.45) is -0.472. The van der Waals surface area contributed by atoms with Gasteiger partial charge in [0.2, 0.25) is 5.91 Å². The zero-order valence-corrected chi connectivity index (χ0v) is 16.6. The van der Waals surface area contributed by atoms with Crippen LogP contribution in [0.3, 0.4) is 0 Å². The number of rotatable bonds is 5. The van der Waals surface area contributed by atoms with Crippen LogP contribution in [0.15, 0.2) is 66.7 Å². The molecule has 0 saturated carbocycles.